The third-order valence-electron chi connectivity index (χ3n) is 2.49. The number of rotatable bonds is 2. The van der Waals surface area contributed by atoms with Crippen molar-refractivity contribution in [2.24, 2.45) is 0 Å². The SMILES string of the molecule is CC(C)SC(=S)Nc1ccc2c(c1F)B(O)OC2. The molecule has 18 heavy (non-hydrogen) atoms. The van der Waals surface area contributed by atoms with Gasteiger partial charge in [-0.25, -0.2) is 4.39 Å². The van der Waals surface area contributed by atoms with E-state index >= 15 is 0 Å². The van der Waals surface area contributed by atoms with E-state index in [0.29, 0.717) is 15.1 Å². The van der Waals surface area contributed by atoms with Crippen LogP contribution in [0.1, 0.15) is 19.4 Å². The first-order chi connectivity index (χ1) is 8.49. The Morgan fingerprint density at radius 1 is 1.61 bits per heavy atom. The van der Waals surface area contributed by atoms with E-state index < -0.39 is 12.9 Å². The van der Waals surface area contributed by atoms with Gasteiger partial charge in [0.15, 0.2) is 0 Å². The number of thioether (sulfide) groups is 1. The Morgan fingerprint density at radius 2 is 2.33 bits per heavy atom. The summed E-state index contributed by atoms with van der Waals surface area (Å²) < 4.78 is 19.6. The zero-order valence-electron chi connectivity index (χ0n) is 10.1. The van der Waals surface area contributed by atoms with Crippen molar-refractivity contribution in [2.45, 2.75) is 25.7 Å². The lowest BCUT2D eigenvalue weighted by atomic mass is 9.79. The van der Waals surface area contributed by atoms with Gasteiger partial charge in [-0.1, -0.05) is 43.9 Å². The van der Waals surface area contributed by atoms with E-state index in [1.54, 1.807) is 12.1 Å². The number of fused-ring (bicyclic) bond motifs is 1. The third-order valence-corrected chi connectivity index (χ3v) is 3.67. The summed E-state index contributed by atoms with van der Waals surface area (Å²) in [6.45, 7) is 4.25. The molecule has 1 aromatic rings. The van der Waals surface area contributed by atoms with E-state index in [-0.39, 0.29) is 17.8 Å². The molecule has 2 N–H and O–H groups in total. The van der Waals surface area contributed by atoms with Crippen molar-refractivity contribution in [1.29, 1.82) is 0 Å². The van der Waals surface area contributed by atoms with Gasteiger partial charge >= 0.3 is 7.12 Å². The predicted octanol–water partition coefficient (Wildman–Crippen LogP) is 1.88. The summed E-state index contributed by atoms with van der Waals surface area (Å²) in [6, 6.07) is 3.35. The van der Waals surface area contributed by atoms with Crippen LogP contribution >= 0.6 is 24.0 Å². The molecular formula is C11H13BFNO2S2. The maximum absolute atomic E-state index is 14.2. The number of nitrogens with one attached hydrogen (secondary N) is 1. The average molecular weight is 285 g/mol. The summed E-state index contributed by atoms with van der Waals surface area (Å²) in [7, 11) is -1.19. The molecule has 0 saturated heterocycles. The number of halogens is 1. The molecular weight excluding hydrogens is 272 g/mol. The normalized spacial score (nSPS) is 13.9. The van der Waals surface area contributed by atoms with Gasteiger partial charge in [0.25, 0.3) is 0 Å². The van der Waals surface area contributed by atoms with Crippen LogP contribution in [0.15, 0.2) is 12.1 Å². The van der Waals surface area contributed by atoms with Crippen LogP contribution in [0.5, 0.6) is 0 Å². The second-order valence-corrected chi connectivity index (χ2v) is 6.50. The minimum Gasteiger partial charge on any atom is -0.423 e. The van der Waals surface area contributed by atoms with Crippen LogP contribution < -0.4 is 10.8 Å². The van der Waals surface area contributed by atoms with Crippen molar-refractivity contribution in [3.8, 4) is 0 Å². The first kappa shape index (κ1) is 13.8. The van der Waals surface area contributed by atoms with Gasteiger partial charge in [-0.2, -0.15) is 0 Å². The van der Waals surface area contributed by atoms with Crippen LogP contribution in [0.4, 0.5) is 10.1 Å². The van der Waals surface area contributed by atoms with Crippen LogP contribution in [-0.2, 0) is 11.3 Å². The fourth-order valence-electron chi connectivity index (χ4n) is 1.73. The quantitative estimate of drug-likeness (QED) is 0.641. The minimum atomic E-state index is -1.19. The summed E-state index contributed by atoms with van der Waals surface area (Å²) in [5, 5.41) is 12.7. The maximum Gasteiger partial charge on any atom is 0.494 e. The Balaban J connectivity index is 2.20. The largest absolute Gasteiger partial charge is 0.494 e. The predicted molar refractivity (Wildman–Crippen MR) is 77.7 cm³/mol. The van der Waals surface area contributed by atoms with Gasteiger partial charge in [-0.05, 0) is 11.6 Å². The Morgan fingerprint density at radius 3 is 3.00 bits per heavy atom. The molecule has 0 aliphatic carbocycles. The number of hydrogen-bond donors (Lipinski definition) is 2. The Kier molecular flexibility index (Phi) is 4.27. The zero-order chi connectivity index (χ0) is 13.3. The van der Waals surface area contributed by atoms with Crippen molar-refractivity contribution >= 4 is 46.6 Å². The highest BCUT2D eigenvalue weighted by molar-refractivity contribution is 8.23. The van der Waals surface area contributed by atoms with E-state index in [1.165, 1.54) is 11.8 Å². The molecule has 0 saturated carbocycles. The molecule has 0 amide bonds. The van der Waals surface area contributed by atoms with E-state index in [0.717, 1.165) is 0 Å². The summed E-state index contributed by atoms with van der Waals surface area (Å²) in [6.07, 6.45) is 0. The van der Waals surface area contributed by atoms with Gasteiger partial charge in [0, 0.05) is 10.7 Å². The van der Waals surface area contributed by atoms with Gasteiger partial charge in [0.2, 0.25) is 0 Å². The fraction of sp³-hybridized carbons (Fsp3) is 0.364. The molecule has 1 aromatic carbocycles. The molecule has 0 bridgehead atoms. The second kappa shape index (κ2) is 5.56. The van der Waals surface area contributed by atoms with Gasteiger partial charge in [0.05, 0.1) is 12.3 Å². The lowest BCUT2D eigenvalue weighted by Crippen LogP contribution is -2.32. The highest BCUT2D eigenvalue weighted by Gasteiger charge is 2.32. The molecule has 1 aliphatic heterocycles. The molecule has 96 valence electrons. The standard InChI is InChI=1S/C11H13BFNO2S2/c1-6(2)18-11(17)14-8-4-3-7-5-16-12(15)9(7)10(8)13/h3-4,6,15H,5H2,1-2H3,(H,14,17). The second-order valence-electron chi connectivity index (χ2n) is 4.24. The van der Waals surface area contributed by atoms with E-state index in [9.17, 15) is 9.41 Å². The molecule has 2 rings (SSSR count). The molecule has 0 unspecified atom stereocenters. The van der Waals surface area contributed by atoms with Crippen molar-refractivity contribution in [3.05, 3.63) is 23.5 Å². The topological polar surface area (TPSA) is 41.5 Å². The first-order valence-electron chi connectivity index (χ1n) is 5.57. The number of hydrogen-bond acceptors (Lipinski definition) is 4. The molecule has 1 heterocycles. The highest BCUT2D eigenvalue weighted by atomic mass is 32.2. The minimum absolute atomic E-state index is 0.206. The molecule has 0 aromatic heterocycles. The van der Waals surface area contributed by atoms with Gasteiger partial charge in [0.1, 0.15) is 10.1 Å². The average Bonchev–Trinajstić information content (AvgIpc) is 2.64. The van der Waals surface area contributed by atoms with Crippen molar-refractivity contribution in [1.82, 2.24) is 0 Å². The smallest absolute Gasteiger partial charge is 0.423 e. The van der Waals surface area contributed by atoms with Crippen LogP contribution in [0.2, 0.25) is 0 Å². The van der Waals surface area contributed by atoms with Crippen LogP contribution in [0.3, 0.4) is 0 Å². The fourth-order valence-corrected chi connectivity index (χ4v) is 3.01. The molecule has 0 spiro atoms. The number of anilines is 1. The first-order valence-corrected chi connectivity index (χ1v) is 6.86. The van der Waals surface area contributed by atoms with E-state index in [4.69, 9.17) is 16.9 Å². The van der Waals surface area contributed by atoms with Crippen LogP contribution in [0.25, 0.3) is 0 Å². The molecule has 0 fully saturated rings. The Labute approximate surface area is 115 Å². The summed E-state index contributed by atoms with van der Waals surface area (Å²) in [5.41, 5.74) is 1.15. The van der Waals surface area contributed by atoms with Crippen LogP contribution in [0, 0.1) is 5.82 Å². The summed E-state index contributed by atoms with van der Waals surface area (Å²) >= 11 is 6.57. The number of benzene rings is 1. The maximum atomic E-state index is 14.2. The summed E-state index contributed by atoms with van der Waals surface area (Å²) in [4.78, 5) is 0. The molecule has 1 aliphatic rings. The number of thiocarbonyl (C=S) groups is 1. The molecule has 3 nitrogen and oxygen atoms in total. The molecule has 0 radical (unpaired) electrons. The highest BCUT2D eigenvalue weighted by Crippen LogP contribution is 2.21. The van der Waals surface area contributed by atoms with Gasteiger partial charge < -0.3 is 15.0 Å². The lowest BCUT2D eigenvalue weighted by Gasteiger charge is -2.12. The Hall–Kier alpha value is -0.625. The van der Waals surface area contributed by atoms with E-state index in [1.807, 2.05) is 13.8 Å². The molecule has 7 heteroatoms. The molecule has 0 atom stereocenters. The Bertz CT molecular complexity index is 484. The lowest BCUT2D eigenvalue weighted by molar-refractivity contribution is 0.275. The zero-order valence-corrected chi connectivity index (χ0v) is 11.7. The summed E-state index contributed by atoms with van der Waals surface area (Å²) in [5.74, 6) is -0.496. The third kappa shape index (κ3) is 2.85. The van der Waals surface area contributed by atoms with E-state index in [2.05, 4.69) is 5.32 Å². The van der Waals surface area contributed by atoms with Crippen molar-refractivity contribution in [2.75, 3.05) is 5.32 Å². The van der Waals surface area contributed by atoms with Gasteiger partial charge in [-0.15, -0.1) is 0 Å². The monoisotopic (exact) mass is 285 g/mol. The van der Waals surface area contributed by atoms with Gasteiger partial charge in [-0.3, -0.25) is 0 Å². The van der Waals surface area contributed by atoms with Crippen LogP contribution in [-0.4, -0.2) is 21.7 Å². The van der Waals surface area contributed by atoms with Crippen molar-refractivity contribution in [3.63, 3.8) is 0 Å². The van der Waals surface area contributed by atoms with Crippen molar-refractivity contribution < 1.29 is 14.1 Å².